The molecule has 2 heteroatoms. The van der Waals surface area contributed by atoms with Crippen LogP contribution in [0.2, 0.25) is 0 Å². The summed E-state index contributed by atoms with van der Waals surface area (Å²) in [5.74, 6) is 0. The lowest BCUT2D eigenvalue weighted by Gasteiger charge is -1.96. The zero-order valence-electron chi connectivity index (χ0n) is 10.1. The predicted molar refractivity (Wildman–Crippen MR) is 93.3 cm³/mol. The molecule has 112 valence electrons. The Bertz CT molecular complexity index is 577. The van der Waals surface area contributed by atoms with E-state index < -0.39 is 0 Å². The normalized spacial score (nSPS) is 8.50. The Kier molecular flexibility index (Phi) is 13.8. The molecule has 0 unspecified atom stereocenters. The van der Waals surface area contributed by atoms with Gasteiger partial charge in [0.25, 0.3) is 0 Å². The van der Waals surface area contributed by atoms with Crippen LogP contribution in [-0.4, -0.2) is 0 Å². The van der Waals surface area contributed by atoms with Gasteiger partial charge in [-0.3, -0.25) is 0 Å². The third-order valence-corrected chi connectivity index (χ3v) is 2.08. The summed E-state index contributed by atoms with van der Waals surface area (Å²) in [7, 11) is 0. The molecule has 0 aliphatic heterocycles. The molecular weight excluding hydrogens is 248 g/mol. The van der Waals surface area contributed by atoms with Gasteiger partial charge in [0.05, 0.1) is 5.56 Å². The van der Waals surface area contributed by atoms with Crippen molar-refractivity contribution in [1.82, 2.24) is 0 Å². The van der Waals surface area contributed by atoms with E-state index in [1.807, 2.05) is 32.0 Å². The SMILES string of the molecule is C.C.C.C=CC=Cc1cc2ccccc2oc1=O.CC. The van der Waals surface area contributed by atoms with Gasteiger partial charge in [-0.1, -0.05) is 73.1 Å². The van der Waals surface area contributed by atoms with Gasteiger partial charge in [-0.2, -0.15) is 0 Å². The molecule has 0 bridgehead atoms. The van der Waals surface area contributed by atoms with Crippen molar-refractivity contribution in [3.05, 3.63) is 65.0 Å². The molecule has 1 aromatic carbocycles. The van der Waals surface area contributed by atoms with Crippen LogP contribution in [0.3, 0.4) is 0 Å². The Labute approximate surface area is 123 Å². The number of allylic oxidation sites excluding steroid dienone is 2. The first-order chi connectivity index (χ1) is 8.31. The third-order valence-electron chi connectivity index (χ3n) is 2.08. The van der Waals surface area contributed by atoms with Crippen LogP contribution in [0.5, 0.6) is 0 Å². The van der Waals surface area contributed by atoms with Gasteiger partial charge in [0.2, 0.25) is 0 Å². The Morgan fingerprint density at radius 2 is 1.70 bits per heavy atom. The van der Waals surface area contributed by atoms with Crippen molar-refractivity contribution < 1.29 is 4.42 Å². The molecular formula is C18H28O2. The lowest BCUT2D eigenvalue weighted by molar-refractivity contribution is 0.559. The molecule has 0 spiro atoms. The molecule has 20 heavy (non-hydrogen) atoms. The molecule has 2 rings (SSSR count). The zero-order chi connectivity index (χ0) is 12.7. The van der Waals surface area contributed by atoms with Crippen molar-refractivity contribution in [3.63, 3.8) is 0 Å². The van der Waals surface area contributed by atoms with Crippen LogP contribution < -0.4 is 5.63 Å². The second kappa shape index (κ2) is 12.0. The zero-order valence-corrected chi connectivity index (χ0v) is 10.1. The van der Waals surface area contributed by atoms with E-state index in [1.165, 1.54) is 0 Å². The summed E-state index contributed by atoms with van der Waals surface area (Å²) in [6.07, 6.45) is 5.01. The number of benzene rings is 1. The number of hydrogen-bond acceptors (Lipinski definition) is 2. The topological polar surface area (TPSA) is 30.2 Å². The van der Waals surface area contributed by atoms with E-state index in [0.717, 1.165) is 5.39 Å². The van der Waals surface area contributed by atoms with Crippen LogP contribution in [0.25, 0.3) is 17.0 Å². The molecule has 2 nitrogen and oxygen atoms in total. The van der Waals surface area contributed by atoms with Gasteiger partial charge in [-0.15, -0.1) is 0 Å². The van der Waals surface area contributed by atoms with Crippen molar-refractivity contribution in [2.45, 2.75) is 36.1 Å². The van der Waals surface area contributed by atoms with E-state index >= 15 is 0 Å². The summed E-state index contributed by atoms with van der Waals surface area (Å²) in [6, 6.07) is 9.23. The fourth-order valence-electron chi connectivity index (χ4n) is 1.37. The van der Waals surface area contributed by atoms with Gasteiger partial charge >= 0.3 is 5.63 Å². The summed E-state index contributed by atoms with van der Waals surface area (Å²) >= 11 is 0. The second-order valence-corrected chi connectivity index (χ2v) is 3.12. The lowest BCUT2D eigenvalue weighted by Crippen LogP contribution is -2.01. The van der Waals surface area contributed by atoms with Crippen molar-refractivity contribution in [1.29, 1.82) is 0 Å². The fraction of sp³-hybridized carbons (Fsp3) is 0.278. The largest absolute Gasteiger partial charge is 0.422 e. The molecule has 0 saturated heterocycles. The molecule has 1 heterocycles. The summed E-state index contributed by atoms with van der Waals surface area (Å²) in [6.45, 7) is 7.55. The Balaban J connectivity index is -0.000000553. The average molecular weight is 276 g/mol. The first kappa shape index (κ1) is 23.0. The minimum absolute atomic E-state index is 0. The van der Waals surface area contributed by atoms with Gasteiger partial charge < -0.3 is 4.42 Å². The predicted octanol–water partition coefficient (Wildman–Crippen LogP) is 5.93. The van der Waals surface area contributed by atoms with Gasteiger partial charge in [-0.25, -0.2) is 4.79 Å². The summed E-state index contributed by atoms with van der Waals surface area (Å²) in [4.78, 5) is 11.5. The molecule has 0 N–H and O–H groups in total. The first-order valence-electron chi connectivity index (χ1n) is 5.63. The van der Waals surface area contributed by atoms with Gasteiger partial charge in [0.1, 0.15) is 5.58 Å². The Morgan fingerprint density at radius 3 is 2.30 bits per heavy atom. The van der Waals surface area contributed by atoms with Crippen LogP contribution in [0, 0.1) is 0 Å². The number of para-hydroxylation sites is 1. The molecule has 0 radical (unpaired) electrons. The Morgan fingerprint density at radius 1 is 1.10 bits per heavy atom. The van der Waals surface area contributed by atoms with Gasteiger partial charge in [-0.05, 0) is 18.2 Å². The maximum absolute atomic E-state index is 11.5. The highest BCUT2D eigenvalue weighted by Gasteiger charge is 2.00. The quantitative estimate of drug-likeness (QED) is 0.503. The van der Waals surface area contributed by atoms with E-state index in [-0.39, 0.29) is 27.9 Å². The lowest BCUT2D eigenvalue weighted by atomic mass is 10.2. The van der Waals surface area contributed by atoms with Gasteiger partial charge in [0.15, 0.2) is 0 Å². The second-order valence-electron chi connectivity index (χ2n) is 3.12. The fourth-order valence-corrected chi connectivity index (χ4v) is 1.37. The van der Waals surface area contributed by atoms with E-state index in [1.54, 1.807) is 30.4 Å². The van der Waals surface area contributed by atoms with Crippen LogP contribution >= 0.6 is 0 Å². The molecule has 1 aromatic heterocycles. The van der Waals surface area contributed by atoms with Crippen LogP contribution in [0.1, 0.15) is 41.7 Å². The van der Waals surface area contributed by atoms with Crippen molar-refractivity contribution in [2.24, 2.45) is 0 Å². The molecule has 0 atom stereocenters. The monoisotopic (exact) mass is 276 g/mol. The Hall–Kier alpha value is -2.09. The highest BCUT2D eigenvalue weighted by atomic mass is 16.4. The molecule has 0 fully saturated rings. The van der Waals surface area contributed by atoms with E-state index in [9.17, 15) is 4.79 Å². The minimum atomic E-state index is -0.327. The summed E-state index contributed by atoms with van der Waals surface area (Å²) < 4.78 is 5.15. The summed E-state index contributed by atoms with van der Waals surface area (Å²) in [5.41, 5.74) is 0.818. The van der Waals surface area contributed by atoms with Crippen molar-refractivity contribution in [3.8, 4) is 0 Å². The average Bonchev–Trinajstić information content (AvgIpc) is 2.38. The molecule has 0 aliphatic carbocycles. The highest BCUT2D eigenvalue weighted by molar-refractivity contribution is 5.78. The maximum Gasteiger partial charge on any atom is 0.343 e. The molecule has 2 aromatic rings. The minimum Gasteiger partial charge on any atom is -0.422 e. The van der Waals surface area contributed by atoms with E-state index in [2.05, 4.69) is 6.58 Å². The van der Waals surface area contributed by atoms with Crippen molar-refractivity contribution >= 4 is 17.0 Å². The third kappa shape index (κ3) is 5.70. The summed E-state index contributed by atoms with van der Waals surface area (Å²) in [5, 5.41) is 0.917. The maximum atomic E-state index is 11.5. The number of rotatable bonds is 2. The van der Waals surface area contributed by atoms with Crippen LogP contribution in [0.15, 0.2) is 58.3 Å². The molecule has 0 amide bonds. The van der Waals surface area contributed by atoms with E-state index in [4.69, 9.17) is 4.42 Å². The number of hydrogen-bond donors (Lipinski definition) is 0. The van der Waals surface area contributed by atoms with Crippen LogP contribution in [-0.2, 0) is 0 Å². The smallest absolute Gasteiger partial charge is 0.343 e. The van der Waals surface area contributed by atoms with Crippen LogP contribution in [0.4, 0.5) is 0 Å². The number of fused-ring (bicyclic) bond motifs is 1. The van der Waals surface area contributed by atoms with Crippen molar-refractivity contribution in [2.75, 3.05) is 0 Å². The van der Waals surface area contributed by atoms with E-state index in [0.29, 0.717) is 11.1 Å². The van der Waals surface area contributed by atoms with Gasteiger partial charge in [0, 0.05) is 5.39 Å². The standard InChI is InChI=1S/C13H10O2.C2H6.3CH4/c1-2-3-6-11-9-10-7-4-5-8-12(10)15-13(11)14;1-2;;;/h2-9H,1H2;1-2H3;3*1H4. The first-order valence-corrected chi connectivity index (χ1v) is 5.63. The molecule has 0 aliphatic rings. The molecule has 0 saturated carbocycles. The highest BCUT2D eigenvalue weighted by Crippen LogP contribution is 2.13.